The minimum Gasteiger partial charge on any atom is -0.476 e. The summed E-state index contributed by atoms with van der Waals surface area (Å²) in [5.41, 5.74) is 2.87. The number of rotatable bonds is 5. The molecule has 9 nitrogen and oxygen atoms in total. The minimum absolute atomic E-state index is 0.0829. The topological polar surface area (TPSA) is 123 Å². The molecule has 1 atom stereocenters. The van der Waals surface area contributed by atoms with E-state index >= 15 is 0 Å². The van der Waals surface area contributed by atoms with Gasteiger partial charge in [-0.2, -0.15) is 0 Å². The van der Waals surface area contributed by atoms with Crippen molar-refractivity contribution >= 4 is 34.2 Å². The van der Waals surface area contributed by atoms with Crippen molar-refractivity contribution in [1.29, 1.82) is 0 Å². The maximum Gasteiger partial charge on any atom is 0.356 e. The lowest BCUT2D eigenvalue weighted by molar-refractivity contribution is 0.0691. The molecule has 0 bridgehead atoms. The van der Waals surface area contributed by atoms with Crippen LogP contribution in [0.3, 0.4) is 0 Å². The lowest BCUT2D eigenvalue weighted by Crippen LogP contribution is -2.22. The molecule has 0 fully saturated rings. The standard InChI is InChI=1S/C23H21ClN6O3/c1-11-7-14(13(3)27-16-5-6-17(24)28-19(16)23(32)33)18-15(8-11)22(31)30(4)21(29-18)20-25-9-12(2)10-26-20/h5-10,13,27H,1-4H3,(H,32,33). The number of pyridine rings is 1. The van der Waals surface area contributed by atoms with E-state index in [-0.39, 0.29) is 16.4 Å². The Morgan fingerprint density at radius 3 is 2.48 bits per heavy atom. The minimum atomic E-state index is -1.20. The smallest absolute Gasteiger partial charge is 0.356 e. The van der Waals surface area contributed by atoms with Gasteiger partial charge in [-0.05, 0) is 50.1 Å². The molecule has 0 amide bonds. The van der Waals surface area contributed by atoms with Gasteiger partial charge in [0.25, 0.3) is 5.56 Å². The van der Waals surface area contributed by atoms with Crippen LogP contribution < -0.4 is 10.9 Å². The SMILES string of the molecule is Cc1cnc(-c2nc3c(C(C)Nc4ccc(Cl)nc4C(=O)O)cc(C)cc3c(=O)n2C)nc1. The number of halogens is 1. The van der Waals surface area contributed by atoms with E-state index in [1.165, 1.54) is 10.6 Å². The molecule has 4 aromatic rings. The summed E-state index contributed by atoms with van der Waals surface area (Å²) in [6.45, 7) is 5.62. The van der Waals surface area contributed by atoms with Gasteiger partial charge in [0.15, 0.2) is 17.3 Å². The van der Waals surface area contributed by atoms with Gasteiger partial charge in [-0.15, -0.1) is 0 Å². The van der Waals surface area contributed by atoms with Crippen LogP contribution in [-0.2, 0) is 7.05 Å². The maximum absolute atomic E-state index is 13.2. The quantitative estimate of drug-likeness (QED) is 0.426. The van der Waals surface area contributed by atoms with Crippen molar-refractivity contribution in [3.63, 3.8) is 0 Å². The zero-order valence-corrected chi connectivity index (χ0v) is 19.2. The van der Waals surface area contributed by atoms with Crippen LogP contribution >= 0.6 is 11.6 Å². The summed E-state index contributed by atoms with van der Waals surface area (Å²) >= 11 is 5.87. The fourth-order valence-electron chi connectivity index (χ4n) is 3.62. The first-order valence-corrected chi connectivity index (χ1v) is 10.5. The van der Waals surface area contributed by atoms with Gasteiger partial charge < -0.3 is 10.4 Å². The molecule has 10 heteroatoms. The fourth-order valence-corrected chi connectivity index (χ4v) is 3.76. The highest BCUT2D eigenvalue weighted by atomic mass is 35.5. The van der Waals surface area contributed by atoms with Crippen LogP contribution in [0.1, 0.15) is 40.1 Å². The van der Waals surface area contributed by atoms with E-state index in [2.05, 4.69) is 20.3 Å². The molecular formula is C23H21ClN6O3. The van der Waals surface area contributed by atoms with Gasteiger partial charge in [0.2, 0.25) is 0 Å². The molecular weight excluding hydrogens is 444 g/mol. The molecule has 4 rings (SSSR count). The Labute approximate surface area is 194 Å². The van der Waals surface area contributed by atoms with E-state index in [0.717, 1.165) is 16.7 Å². The first-order valence-electron chi connectivity index (χ1n) is 10.1. The molecule has 1 aromatic carbocycles. The number of aryl methyl sites for hydroxylation is 2. The number of carboxylic acids is 1. The largest absolute Gasteiger partial charge is 0.476 e. The first kappa shape index (κ1) is 22.3. The molecule has 0 saturated heterocycles. The van der Waals surface area contributed by atoms with Crippen molar-refractivity contribution in [2.75, 3.05) is 5.32 Å². The van der Waals surface area contributed by atoms with Crippen LogP contribution in [0.25, 0.3) is 22.6 Å². The Morgan fingerprint density at radius 1 is 1.12 bits per heavy atom. The van der Waals surface area contributed by atoms with E-state index < -0.39 is 12.0 Å². The van der Waals surface area contributed by atoms with Gasteiger partial charge in [-0.25, -0.2) is 24.7 Å². The second kappa shape index (κ2) is 8.59. The number of carbonyl (C=O) groups is 1. The van der Waals surface area contributed by atoms with E-state index in [1.807, 2.05) is 26.8 Å². The van der Waals surface area contributed by atoms with Gasteiger partial charge in [-0.1, -0.05) is 17.7 Å². The number of nitrogens with one attached hydrogen (secondary N) is 1. The zero-order chi connectivity index (χ0) is 23.9. The Kier molecular flexibility index (Phi) is 5.82. The number of carboxylic acid groups (broad SMARTS) is 1. The molecule has 3 heterocycles. The monoisotopic (exact) mass is 464 g/mol. The van der Waals surface area contributed by atoms with Gasteiger partial charge in [-0.3, -0.25) is 9.36 Å². The molecule has 0 radical (unpaired) electrons. The van der Waals surface area contributed by atoms with Crippen molar-refractivity contribution in [3.8, 4) is 11.6 Å². The molecule has 3 aromatic heterocycles. The van der Waals surface area contributed by atoms with Crippen molar-refractivity contribution < 1.29 is 9.90 Å². The Balaban J connectivity index is 1.88. The molecule has 0 aliphatic heterocycles. The van der Waals surface area contributed by atoms with Gasteiger partial charge in [0.1, 0.15) is 5.15 Å². The van der Waals surface area contributed by atoms with Crippen LogP contribution in [0.15, 0.2) is 41.5 Å². The molecule has 2 N–H and O–H groups in total. The van der Waals surface area contributed by atoms with Crippen molar-refractivity contribution in [1.82, 2.24) is 24.5 Å². The molecule has 0 aliphatic rings. The summed E-state index contributed by atoms with van der Waals surface area (Å²) in [5.74, 6) is -0.527. The van der Waals surface area contributed by atoms with E-state index in [1.54, 1.807) is 31.6 Å². The fraction of sp³-hybridized carbons (Fsp3) is 0.217. The van der Waals surface area contributed by atoms with E-state index in [4.69, 9.17) is 16.6 Å². The third kappa shape index (κ3) is 4.27. The second-order valence-electron chi connectivity index (χ2n) is 7.84. The average molecular weight is 465 g/mol. The van der Waals surface area contributed by atoms with Crippen LogP contribution in [-0.4, -0.2) is 35.6 Å². The number of hydrogen-bond donors (Lipinski definition) is 2. The number of aromatic carboxylic acids is 1. The van der Waals surface area contributed by atoms with Crippen LogP contribution in [0, 0.1) is 13.8 Å². The third-order valence-corrected chi connectivity index (χ3v) is 5.45. The van der Waals surface area contributed by atoms with Crippen molar-refractivity contribution in [2.24, 2.45) is 7.05 Å². The van der Waals surface area contributed by atoms with Gasteiger partial charge >= 0.3 is 5.97 Å². The van der Waals surface area contributed by atoms with Crippen LogP contribution in [0.2, 0.25) is 5.15 Å². The number of aromatic nitrogens is 5. The summed E-state index contributed by atoms with van der Waals surface area (Å²) in [4.78, 5) is 42.1. The Hall–Kier alpha value is -3.85. The number of fused-ring (bicyclic) bond motifs is 1. The van der Waals surface area contributed by atoms with E-state index in [0.29, 0.717) is 28.2 Å². The predicted octanol–water partition coefficient (Wildman–Crippen LogP) is 3.93. The van der Waals surface area contributed by atoms with Crippen LogP contribution in [0.4, 0.5) is 5.69 Å². The van der Waals surface area contributed by atoms with Gasteiger partial charge in [0.05, 0.1) is 22.6 Å². The highest BCUT2D eigenvalue weighted by Gasteiger charge is 2.20. The molecule has 33 heavy (non-hydrogen) atoms. The predicted molar refractivity (Wildman–Crippen MR) is 126 cm³/mol. The Bertz CT molecular complexity index is 1450. The highest BCUT2D eigenvalue weighted by molar-refractivity contribution is 6.29. The lowest BCUT2D eigenvalue weighted by atomic mass is 10.0. The number of nitrogens with zero attached hydrogens (tertiary/aromatic N) is 5. The van der Waals surface area contributed by atoms with Crippen molar-refractivity contribution in [2.45, 2.75) is 26.8 Å². The summed E-state index contributed by atoms with van der Waals surface area (Å²) in [6.07, 6.45) is 3.33. The highest BCUT2D eigenvalue weighted by Crippen LogP contribution is 2.29. The molecule has 0 spiro atoms. The zero-order valence-electron chi connectivity index (χ0n) is 18.4. The van der Waals surface area contributed by atoms with E-state index in [9.17, 15) is 14.7 Å². The van der Waals surface area contributed by atoms with Crippen molar-refractivity contribution in [3.05, 3.63) is 74.6 Å². The summed E-state index contributed by atoms with van der Waals surface area (Å²) in [5, 5.41) is 13.2. The summed E-state index contributed by atoms with van der Waals surface area (Å²) in [6, 6.07) is 6.37. The van der Waals surface area contributed by atoms with Crippen LogP contribution in [0.5, 0.6) is 0 Å². The number of benzene rings is 1. The maximum atomic E-state index is 13.2. The normalized spacial score (nSPS) is 12.0. The molecule has 168 valence electrons. The number of anilines is 1. The second-order valence-corrected chi connectivity index (χ2v) is 8.22. The molecule has 0 saturated carbocycles. The molecule has 0 aliphatic carbocycles. The summed E-state index contributed by atoms with van der Waals surface area (Å²) in [7, 11) is 1.63. The average Bonchev–Trinajstić information content (AvgIpc) is 2.77. The Morgan fingerprint density at radius 2 is 1.82 bits per heavy atom. The number of hydrogen-bond acceptors (Lipinski definition) is 7. The van der Waals surface area contributed by atoms with Gasteiger partial charge in [0, 0.05) is 25.0 Å². The lowest BCUT2D eigenvalue weighted by Gasteiger charge is -2.20. The first-order chi connectivity index (χ1) is 15.7. The molecule has 1 unspecified atom stereocenters. The third-order valence-electron chi connectivity index (χ3n) is 5.24. The summed E-state index contributed by atoms with van der Waals surface area (Å²) < 4.78 is 1.43.